The lowest BCUT2D eigenvalue weighted by Crippen LogP contribution is -2.48. The molecular weight excluding hydrogens is 294 g/mol. The number of hydrogen-bond donors (Lipinski definition) is 1. The van der Waals surface area contributed by atoms with Crippen LogP contribution in [0, 0.1) is 11.8 Å². The summed E-state index contributed by atoms with van der Waals surface area (Å²) in [6.45, 7) is 8.17. The van der Waals surface area contributed by atoms with Gasteiger partial charge in [-0.3, -0.25) is 14.9 Å². The first-order chi connectivity index (χ1) is 10.7. The number of esters is 2. The smallest absolute Gasteiger partial charge is 0.325 e. The minimum atomic E-state index is -0.822. The highest BCUT2D eigenvalue weighted by atomic mass is 16.5. The molecular formula is C18H31NO4. The maximum absolute atomic E-state index is 12.1. The lowest BCUT2D eigenvalue weighted by atomic mass is 9.88. The predicted molar refractivity (Wildman–Crippen MR) is 89.9 cm³/mol. The van der Waals surface area contributed by atoms with Crippen molar-refractivity contribution in [3.8, 4) is 0 Å². The third kappa shape index (κ3) is 5.34. The van der Waals surface area contributed by atoms with E-state index in [1.807, 2.05) is 0 Å². The molecule has 5 heteroatoms. The van der Waals surface area contributed by atoms with E-state index in [-0.39, 0.29) is 23.9 Å². The number of nitrogens with one attached hydrogen (secondary N) is 1. The van der Waals surface area contributed by atoms with Gasteiger partial charge in [-0.05, 0) is 52.4 Å². The van der Waals surface area contributed by atoms with Gasteiger partial charge in [-0.1, -0.05) is 18.6 Å². The van der Waals surface area contributed by atoms with Gasteiger partial charge >= 0.3 is 11.9 Å². The molecule has 1 rings (SSSR count). The van der Waals surface area contributed by atoms with E-state index in [9.17, 15) is 9.59 Å². The van der Waals surface area contributed by atoms with Gasteiger partial charge in [0.15, 0.2) is 0 Å². The molecule has 0 amide bonds. The van der Waals surface area contributed by atoms with Crippen molar-refractivity contribution in [2.24, 2.45) is 11.8 Å². The van der Waals surface area contributed by atoms with Crippen molar-refractivity contribution >= 4 is 11.9 Å². The Kier molecular flexibility index (Phi) is 7.26. The fraction of sp³-hybridized carbons (Fsp3) is 0.778. The lowest BCUT2D eigenvalue weighted by Gasteiger charge is -2.24. The lowest BCUT2D eigenvalue weighted by molar-refractivity contribution is -0.148. The molecule has 0 aromatic rings. The Morgan fingerprint density at radius 2 is 1.96 bits per heavy atom. The summed E-state index contributed by atoms with van der Waals surface area (Å²) in [5.41, 5.74) is 0.500. The minimum Gasteiger partial charge on any atom is -0.469 e. The Labute approximate surface area is 139 Å². The van der Waals surface area contributed by atoms with Crippen LogP contribution in [0.4, 0.5) is 0 Å². The fourth-order valence-corrected chi connectivity index (χ4v) is 3.35. The molecule has 23 heavy (non-hydrogen) atoms. The molecule has 1 N–H and O–H groups in total. The quantitative estimate of drug-likeness (QED) is 0.576. The van der Waals surface area contributed by atoms with E-state index in [1.165, 1.54) is 19.8 Å². The van der Waals surface area contributed by atoms with E-state index in [2.05, 4.69) is 32.2 Å². The van der Waals surface area contributed by atoms with E-state index in [0.29, 0.717) is 12.3 Å². The number of carbonyl (C=O) groups is 2. The van der Waals surface area contributed by atoms with Gasteiger partial charge in [-0.15, -0.1) is 0 Å². The van der Waals surface area contributed by atoms with Crippen LogP contribution in [-0.4, -0.2) is 37.7 Å². The molecule has 0 aromatic carbocycles. The first kappa shape index (κ1) is 19.7. The van der Waals surface area contributed by atoms with Crippen molar-refractivity contribution < 1.29 is 19.1 Å². The Morgan fingerprint density at radius 3 is 2.48 bits per heavy atom. The van der Waals surface area contributed by atoms with E-state index in [4.69, 9.17) is 9.47 Å². The normalized spacial score (nSPS) is 28.1. The summed E-state index contributed by atoms with van der Waals surface area (Å²) in [7, 11) is 2.77. The molecule has 1 aliphatic rings. The standard InChI is InChI=1S/C18H31NO4/c1-12(2)8-7-9-13(3)10-15-14(16(20)22-5)11-18(4,19-15)17(21)23-6/h8,13-15,19H,7,9-11H2,1-6H3/t13-,14+,15+,18+/m1/s1. The summed E-state index contributed by atoms with van der Waals surface area (Å²) >= 11 is 0. The maximum atomic E-state index is 12.1. The van der Waals surface area contributed by atoms with E-state index < -0.39 is 5.54 Å². The number of carbonyl (C=O) groups excluding carboxylic acids is 2. The van der Waals surface area contributed by atoms with Gasteiger partial charge in [-0.2, -0.15) is 0 Å². The number of ether oxygens (including phenoxy) is 2. The average Bonchev–Trinajstić information content (AvgIpc) is 2.83. The highest BCUT2D eigenvalue weighted by Gasteiger charge is 2.50. The van der Waals surface area contributed by atoms with Crippen molar-refractivity contribution in [2.45, 2.75) is 65.0 Å². The molecule has 1 aliphatic heterocycles. The first-order valence-corrected chi connectivity index (χ1v) is 8.30. The zero-order valence-corrected chi connectivity index (χ0v) is 15.3. The van der Waals surface area contributed by atoms with Crippen LogP contribution in [0.3, 0.4) is 0 Å². The second kappa shape index (κ2) is 8.48. The predicted octanol–water partition coefficient (Wildman–Crippen LogP) is 2.84. The zero-order valence-electron chi connectivity index (χ0n) is 15.3. The highest BCUT2D eigenvalue weighted by Crippen LogP contribution is 2.34. The third-order valence-electron chi connectivity index (χ3n) is 4.63. The minimum absolute atomic E-state index is 0.0618. The van der Waals surface area contributed by atoms with Crippen LogP contribution >= 0.6 is 0 Å². The summed E-state index contributed by atoms with van der Waals surface area (Å²) in [5.74, 6) is -0.442. The topological polar surface area (TPSA) is 64.6 Å². The summed E-state index contributed by atoms with van der Waals surface area (Å²) in [6, 6.07) is -0.0618. The average molecular weight is 325 g/mol. The largest absolute Gasteiger partial charge is 0.469 e. The van der Waals surface area contributed by atoms with Crippen molar-refractivity contribution in [2.75, 3.05) is 14.2 Å². The summed E-state index contributed by atoms with van der Waals surface area (Å²) in [4.78, 5) is 24.1. The maximum Gasteiger partial charge on any atom is 0.325 e. The molecule has 0 radical (unpaired) electrons. The van der Waals surface area contributed by atoms with Crippen LogP contribution in [0.25, 0.3) is 0 Å². The van der Waals surface area contributed by atoms with Crippen molar-refractivity contribution in [3.63, 3.8) is 0 Å². The van der Waals surface area contributed by atoms with E-state index in [0.717, 1.165) is 19.3 Å². The SMILES string of the molecule is COC(=O)[C@H]1C[C@@](C)(C(=O)OC)N[C@H]1C[C@H](C)CCC=C(C)C. The second-order valence-electron chi connectivity index (χ2n) is 7.11. The molecule has 1 saturated heterocycles. The van der Waals surface area contributed by atoms with E-state index in [1.54, 1.807) is 6.92 Å². The highest BCUT2D eigenvalue weighted by molar-refractivity contribution is 5.83. The Morgan fingerprint density at radius 1 is 1.30 bits per heavy atom. The summed E-state index contributed by atoms with van der Waals surface area (Å²) in [5, 5.41) is 3.32. The first-order valence-electron chi connectivity index (χ1n) is 8.30. The molecule has 0 unspecified atom stereocenters. The van der Waals surface area contributed by atoms with Crippen LogP contribution in [0.15, 0.2) is 11.6 Å². The van der Waals surface area contributed by atoms with Gasteiger partial charge in [-0.25, -0.2) is 0 Å². The van der Waals surface area contributed by atoms with Gasteiger partial charge in [0.1, 0.15) is 5.54 Å². The van der Waals surface area contributed by atoms with Crippen molar-refractivity contribution in [3.05, 3.63) is 11.6 Å². The Hall–Kier alpha value is -1.36. The number of hydrogen-bond acceptors (Lipinski definition) is 5. The molecule has 0 aliphatic carbocycles. The third-order valence-corrected chi connectivity index (χ3v) is 4.63. The second-order valence-corrected chi connectivity index (χ2v) is 7.11. The molecule has 0 spiro atoms. The van der Waals surface area contributed by atoms with Crippen molar-refractivity contribution in [1.82, 2.24) is 5.32 Å². The fourth-order valence-electron chi connectivity index (χ4n) is 3.35. The number of methoxy groups -OCH3 is 2. The van der Waals surface area contributed by atoms with Gasteiger partial charge in [0.25, 0.3) is 0 Å². The van der Waals surface area contributed by atoms with Gasteiger partial charge in [0.2, 0.25) is 0 Å². The van der Waals surface area contributed by atoms with E-state index >= 15 is 0 Å². The molecule has 1 heterocycles. The van der Waals surface area contributed by atoms with Crippen LogP contribution < -0.4 is 5.32 Å². The van der Waals surface area contributed by atoms with Gasteiger partial charge < -0.3 is 9.47 Å². The molecule has 0 saturated carbocycles. The van der Waals surface area contributed by atoms with Crippen LogP contribution in [0.5, 0.6) is 0 Å². The monoisotopic (exact) mass is 325 g/mol. The molecule has 0 aromatic heterocycles. The Balaban J connectivity index is 2.74. The zero-order chi connectivity index (χ0) is 17.6. The van der Waals surface area contributed by atoms with Crippen LogP contribution in [0.2, 0.25) is 0 Å². The molecule has 5 nitrogen and oxygen atoms in total. The van der Waals surface area contributed by atoms with Gasteiger partial charge in [0, 0.05) is 6.04 Å². The number of allylic oxidation sites excluding steroid dienone is 2. The number of rotatable bonds is 7. The molecule has 132 valence electrons. The van der Waals surface area contributed by atoms with Crippen molar-refractivity contribution in [1.29, 1.82) is 0 Å². The van der Waals surface area contributed by atoms with Crippen LogP contribution in [-0.2, 0) is 19.1 Å². The molecule has 0 bridgehead atoms. The summed E-state index contributed by atoms with van der Waals surface area (Å²) < 4.78 is 9.81. The molecule has 4 atom stereocenters. The molecule has 1 fully saturated rings. The van der Waals surface area contributed by atoms with Gasteiger partial charge in [0.05, 0.1) is 20.1 Å². The van der Waals surface area contributed by atoms with Crippen LogP contribution in [0.1, 0.15) is 53.4 Å². The summed E-state index contributed by atoms with van der Waals surface area (Å²) in [6.07, 6.45) is 5.58. The Bertz CT molecular complexity index is 456.